The fourth-order valence-corrected chi connectivity index (χ4v) is 2.55. The highest BCUT2D eigenvalue weighted by Gasteiger charge is 2.05. The summed E-state index contributed by atoms with van der Waals surface area (Å²) in [4.78, 5) is 0. The van der Waals surface area contributed by atoms with Crippen molar-refractivity contribution in [2.75, 3.05) is 6.54 Å². The molecule has 0 aliphatic heterocycles. The maximum absolute atomic E-state index is 6.01. The largest absolute Gasteiger partial charge is 0.489 e. The van der Waals surface area contributed by atoms with Crippen LogP contribution in [0.15, 0.2) is 36.4 Å². The van der Waals surface area contributed by atoms with Crippen molar-refractivity contribution in [3.63, 3.8) is 0 Å². The van der Waals surface area contributed by atoms with Crippen LogP contribution in [-0.4, -0.2) is 6.54 Å². The van der Waals surface area contributed by atoms with Gasteiger partial charge in [-0.15, -0.1) is 0 Å². The van der Waals surface area contributed by atoms with Gasteiger partial charge in [-0.25, -0.2) is 0 Å². The Morgan fingerprint density at radius 3 is 2.40 bits per heavy atom. The second-order valence-corrected chi connectivity index (χ2v) is 5.51. The molecule has 0 radical (unpaired) electrons. The van der Waals surface area contributed by atoms with Gasteiger partial charge >= 0.3 is 0 Å². The second kappa shape index (κ2) is 6.78. The smallest absolute Gasteiger partial charge is 0.123 e. The molecule has 2 rings (SSSR count). The fraction of sp³-hybridized carbons (Fsp3) is 0.294. The van der Waals surface area contributed by atoms with Crippen LogP contribution in [0.4, 0.5) is 0 Å². The second-order valence-electron chi connectivity index (χ2n) is 5.08. The highest BCUT2D eigenvalue weighted by molar-refractivity contribution is 6.30. The van der Waals surface area contributed by atoms with E-state index in [1.165, 1.54) is 16.7 Å². The third-order valence-electron chi connectivity index (χ3n) is 3.11. The summed E-state index contributed by atoms with van der Waals surface area (Å²) in [6.07, 6.45) is 0.767. The molecule has 0 bridgehead atoms. The van der Waals surface area contributed by atoms with E-state index in [-0.39, 0.29) is 0 Å². The van der Waals surface area contributed by atoms with E-state index >= 15 is 0 Å². The van der Waals surface area contributed by atoms with Crippen molar-refractivity contribution in [1.82, 2.24) is 0 Å². The lowest BCUT2D eigenvalue weighted by Crippen LogP contribution is -2.05. The number of rotatable bonds is 5. The topological polar surface area (TPSA) is 35.2 Å². The first kappa shape index (κ1) is 14.9. The van der Waals surface area contributed by atoms with Gasteiger partial charge in [0.05, 0.1) is 0 Å². The summed E-state index contributed by atoms with van der Waals surface area (Å²) in [5.41, 5.74) is 10.4. The van der Waals surface area contributed by atoms with E-state index in [1.807, 2.05) is 18.2 Å². The zero-order chi connectivity index (χ0) is 14.5. The Kier molecular flexibility index (Phi) is 5.05. The molecule has 0 unspecified atom stereocenters. The summed E-state index contributed by atoms with van der Waals surface area (Å²) in [6, 6.07) is 12.1. The highest BCUT2D eigenvalue weighted by atomic mass is 35.5. The van der Waals surface area contributed by atoms with Crippen LogP contribution in [-0.2, 0) is 13.0 Å². The van der Waals surface area contributed by atoms with Crippen LogP contribution in [0.5, 0.6) is 5.75 Å². The van der Waals surface area contributed by atoms with Gasteiger partial charge < -0.3 is 10.5 Å². The molecule has 0 atom stereocenters. The Labute approximate surface area is 125 Å². The molecule has 0 saturated heterocycles. The molecule has 0 amide bonds. The number of aryl methyl sites for hydroxylation is 2. The van der Waals surface area contributed by atoms with Crippen molar-refractivity contribution in [2.24, 2.45) is 5.73 Å². The maximum atomic E-state index is 6.01. The lowest BCUT2D eigenvalue weighted by atomic mass is 10.1. The van der Waals surface area contributed by atoms with E-state index in [9.17, 15) is 0 Å². The first-order chi connectivity index (χ1) is 9.58. The van der Waals surface area contributed by atoms with Crippen LogP contribution < -0.4 is 10.5 Å². The van der Waals surface area contributed by atoms with Crippen LogP contribution in [0.25, 0.3) is 0 Å². The third kappa shape index (κ3) is 3.99. The van der Waals surface area contributed by atoms with Gasteiger partial charge in [0.15, 0.2) is 0 Å². The van der Waals surface area contributed by atoms with Gasteiger partial charge in [-0.05, 0) is 56.1 Å². The van der Waals surface area contributed by atoms with Gasteiger partial charge in [-0.2, -0.15) is 0 Å². The molecule has 106 valence electrons. The van der Waals surface area contributed by atoms with Gasteiger partial charge in [0.2, 0.25) is 0 Å². The minimum atomic E-state index is 0.557. The molecule has 20 heavy (non-hydrogen) atoms. The van der Waals surface area contributed by atoms with Gasteiger partial charge in [-0.3, -0.25) is 0 Å². The molecule has 2 N–H and O–H groups in total. The monoisotopic (exact) mass is 289 g/mol. The average Bonchev–Trinajstić information content (AvgIpc) is 2.37. The first-order valence-electron chi connectivity index (χ1n) is 6.77. The summed E-state index contributed by atoms with van der Waals surface area (Å²) in [6.45, 7) is 5.33. The molecular formula is C17H20ClNO. The van der Waals surface area contributed by atoms with Crippen molar-refractivity contribution in [1.29, 1.82) is 0 Å². The zero-order valence-electron chi connectivity index (χ0n) is 11.9. The quantitative estimate of drug-likeness (QED) is 0.902. The number of ether oxygens (including phenoxy) is 1. The van der Waals surface area contributed by atoms with E-state index in [0.29, 0.717) is 18.2 Å². The Morgan fingerprint density at radius 2 is 1.75 bits per heavy atom. The summed E-state index contributed by atoms with van der Waals surface area (Å²) < 4.78 is 5.93. The zero-order valence-corrected chi connectivity index (χ0v) is 12.7. The lowest BCUT2D eigenvalue weighted by molar-refractivity contribution is 0.303. The van der Waals surface area contributed by atoms with Crippen molar-refractivity contribution in [3.05, 3.63) is 63.7 Å². The maximum Gasteiger partial charge on any atom is 0.123 e. The molecule has 2 aromatic carbocycles. The lowest BCUT2D eigenvalue weighted by Gasteiger charge is -2.12. The Bertz CT molecular complexity index is 575. The van der Waals surface area contributed by atoms with Gasteiger partial charge in [0.1, 0.15) is 12.4 Å². The minimum absolute atomic E-state index is 0.557. The number of benzene rings is 2. The molecule has 2 nitrogen and oxygen atoms in total. The van der Waals surface area contributed by atoms with Gasteiger partial charge in [0, 0.05) is 5.02 Å². The van der Waals surface area contributed by atoms with Crippen molar-refractivity contribution in [3.8, 4) is 5.75 Å². The van der Waals surface area contributed by atoms with Gasteiger partial charge in [-0.1, -0.05) is 40.9 Å². The molecular weight excluding hydrogens is 270 g/mol. The van der Waals surface area contributed by atoms with Crippen molar-refractivity contribution < 1.29 is 4.74 Å². The summed E-state index contributed by atoms with van der Waals surface area (Å²) in [5.74, 6) is 0.860. The SMILES string of the molecule is Cc1cc(C)cc(COc2ccc(Cl)cc2CCN)c1. The standard InChI is InChI=1S/C17H20ClNO/c1-12-7-13(2)9-14(8-12)11-20-17-4-3-16(18)10-15(17)5-6-19/h3-4,7-10H,5-6,11,19H2,1-2H3. The van der Waals surface area contributed by atoms with E-state index in [1.54, 1.807) is 0 Å². The predicted octanol–water partition coefficient (Wildman–Crippen LogP) is 4.04. The molecule has 3 heteroatoms. The van der Waals surface area contributed by atoms with Gasteiger partial charge in [0.25, 0.3) is 0 Å². The number of hydrogen-bond acceptors (Lipinski definition) is 2. The van der Waals surface area contributed by atoms with Crippen molar-refractivity contribution >= 4 is 11.6 Å². The van der Waals surface area contributed by atoms with Crippen LogP contribution in [0.2, 0.25) is 5.02 Å². The van der Waals surface area contributed by atoms with Crippen LogP contribution in [0.3, 0.4) is 0 Å². The normalized spacial score (nSPS) is 10.6. The minimum Gasteiger partial charge on any atom is -0.489 e. The van der Waals surface area contributed by atoms with E-state index in [4.69, 9.17) is 22.1 Å². The molecule has 0 saturated carbocycles. The Hall–Kier alpha value is -1.51. The Morgan fingerprint density at radius 1 is 1.05 bits per heavy atom. The van der Waals surface area contributed by atoms with Crippen LogP contribution in [0.1, 0.15) is 22.3 Å². The highest BCUT2D eigenvalue weighted by Crippen LogP contribution is 2.24. The van der Waals surface area contributed by atoms with Crippen molar-refractivity contribution in [2.45, 2.75) is 26.9 Å². The average molecular weight is 290 g/mol. The first-order valence-corrected chi connectivity index (χ1v) is 7.15. The Balaban J connectivity index is 2.13. The third-order valence-corrected chi connectivity index (χ3v) is 3.35. The molecule has 0 aromatic heterocycles. The summed E-state index contributed by atoms with van der Waals surface area (Å²) >= 11 is 6.01. The summed E-state index contributed by atoms with van der Waals surface area (Å²) in [7, 11) is 0. The number of hydrogen-bond donors (Lipinski definition) is 1. The van der Waals surface area contributed by atoms with E-state index < -0.39 is 0 Å². The van der Waals surface area contributed by atoms with E-state index in [0.717, 1.165) is 17.7 Å². The number of nitrogens with two attached hydrogens (primary N) is 1. The molecule has 0 aliphatic carbocycles. The number of halogens is 1. The van der Waals surface area contributed by atoms with Crippen LogP contribution >= 0.6 is 11.6 Å². The van der Waals surface area contributed by atoms with Crippen LogP contribution in [0, 0.1) is 13.8 Å². The molecule has 0 aliphatic rings. The fourth-order valence-electron chi connectivity index (χ4n) is 2.35. The molecule has 0 fully saturated rings. The molecule has 0 heterocycles. The molecule has 0 spiro atoms. The molecule has 2 aromatic rings. The summed E-state index contributed by atoms with van der Waals surface area (Å²) in [5, 5.41) is 0.715. The van der Waals surface area contributed by atoms with E-state index in [2.05, 4.69) is 32.0 Å². The predicted molar refractivity (Wildman–Crippen MR) is 84.5 cm³/mol.